The van der Waals surface area contributed by atoms with Crippen LogP contribution in [-0.2, 0) is 14.4 Å². The highest BCUT2D eigenvalue weighted by Gasteiger charge is 2.57. The lowest BCUT2D eigenvalue weighted by Gasteiger charge is -2.42. The number of ketones is 1. The van der Waals surface area contributed by atoms with Crippen molar-refractivity contribution in [2.24, 2.45) is 23.2 Å². The number of thiazole rings is 1. The number of carbonyl (C=O) groups excluding carboxylic acids is 4. The summed E-state index contributed by atoms with van der Waals surface area (Å²) in [6.07, 6.45) is -2.76. The first kappa shape index (κ1) is 32.2. The number of aliphatic hydroxyl groups is 1. The first-order valence-electron chi connectivity index (χ1n) is 14.7. The Bertz CT molecular complexity index is 1410. The number of alkyl halides is 3. The van der Waals surface area contributed by atoms with Gasteiger partial charge in [0.1, 0.15) is 28.7 Å². The topological polar surface area (TPSA) is 154 Å². The molecule has 1 saturated carbocycles. The van der Waals surface area contributed by atoms with Crippen LogP contribution < -0.4 is 16.0 Å². The lowest BCUT2D eigenvalue weighted by Crippen LogP contribution is -2.63. The number of amides is 3. The highest BCUT2D eigenvalue weighted by molar-refractivity contribution is 7.19. The van der Waals surface area contributed by atoms with Crippen molar-refractivity contribution in [1.82, 2.24) is 30.8 Å². The summed E-state index contributed by atoms with van der Waals surface area (Å²) in [5.41, 5.74) is -0.571. The summed E-state index contributed by atoms with van der Waals surface area (Å²) in [6, 6.07) is -0.678. The van der Waals surface area contributed by atoms with Gasteiger partial charge in [-0.1, -0.05) is 39.0 Å². The molecule has 3 aliphatic rings. The van der Waals surface area contributed by atoms with Crippen molar-refractivity contribution in [2.75, 3.05) is 6.54 Å². The number of Topliss-reactive ketones (excluding diaryl/α,β-unsaturated/α-hetero) is 1. The van der Waals surface area contributed by atoms with Crippen LogP contribution in [0.3, 0.4) is 0 Å². The minimum absolute atomic E-state index is 0.0444. The van der Waals surface area contributed by atoms with Crippen LogP contribution in [-0.4, -0.2) is 86.6 Å². The third kappa shape index (κ3) is 6.31. The summed E-state index contributed by atoms with van der Waals surface area (Å²) in [5.74, 6) is -4.65. The SMILES string of the molecule is C[C@H]1C[C@@H]2C[C@H]1[C@@H](C(=O)N[C@@H](C[C@@H]1CCNC1O)C(=O)c1nc3cccnc3s1)N2C(=O)[C@@H](NC(=O)C(F)(F)F)C(C)(C)C. The van der Waals surface area contributed by atoms with Gasteiger partial charge >= 0.3 is 12.1 Å². The normalized spacial score (nSPS) is 28.2. The molecule has 1 unspecified atom stereocenters. The Hall–Kier alpha value is -3.17. The quantitative estimate of drug-likeness (QED) is 0.322. The van der Waals surface area contributed by atoms with Gasteiger partial charge in [0.05, 0.1) is 6.04 Å². The third-order valence-corrected chi connectivity index (χ3v) is 10.0. The first-order chi connectivity index (χ1) is 20.6. The van der Waals surface area contributed by atoms with E-state index < -0.39 is 65.5 Å². The van der Waals surface area contributed by atoms with Gasteiger partial charge in [-0.2, -0.15) is 13.2 Å². The summed E-state index contributed by atoms with van der Waals surface area (Å²) in [4.78, 5) is 64.3. The average molecular weight is 639 g/mol. The molecule has 0 spiro atoms. The molecule has 2 bridgehead atoms. The Labute approximate surface area is 256 Å². The van der Waals surface area contributed by atoms with Gasteiger partial charge in [0.2, 0.25) is 17.6 Å². The maximum Gasteiger partial charge on any atom is 0.471 e. The molecule has 11 nitrogen and oxygen atoms in total. The molecule has 4 N–H and O–H groups in total. The number of carbonyl (C=O) groups is 4. The van der Waals surface area contributed by atoms with E-state index in [1.54, 1.807) is 39.1 Å². The number of hydrogen-bond acceptors (Lipinski definition) is 9. The summed E-state index contributed by atoms with van der Waals surface area (Å²) >= 11 is 1.09. The van der Waals surface area contributed by atoms with E-state index >= 15 is 0 Å². The van der Waals surface area contributed by atoms with Gasteiger partial charge < -0.3 is 20.6 Å². The van der Waals surface area contributed by atoms with Gasteiger partial charge in [-0.3, -0.25) is 24.5 Å². The molecule has 2 aromatic rings. The summed E-state index contributed by atoms with van der Waals surface area (Å²) in [7, 11) is 0. The van der Waals surface area contributed by atoms with E-state index in [2.05, 4.69) is 20.6 Å². The highest BCUT2D eigenvalue weighted by atomic mass is 32.1. The number of nitrogens with zero attached hydrogens (tertiary/aromatic N) is 3. The minimum atomic E-state index is -5.19. The number of rotatable bonds is 8. The van der Waals surface area contributed by atoms with Crippen LogP contribution in [0, 0.1) is 23.2 Å². The van der Waals surface area contributed by atoms with Gasteiger partial charge in [0.15, 0.2) is 5.01 Å². The van der Waals surface area contributed by atoms with E-state index in [1.165, 1.54) is 4.90 Å². The number of likely N-dealkylation sites (tertiary alicyclic amines) is 1. The van der Waals surface area contributed by atoms with E-state index in [0.29, 0.717) is 36.2 Å². The average Bonchev–Trinajstić information content (AvgIpc) is 3.72. The number of fused-ring (bicyclic) bond motifs is 3. The molecule has 0 aromatic carbocycles. The largest absolute Gasteiger partial charge is 0.471 e. The standard InChI is InChI=1S/C29H37F3N6O5S/c1-13-10-15-12-16(13)19(38(15)26(42)21(28(2,3)4)37-27(43)29(30,31)32)23(41)35-18(11-14-7-9-33-22(14)40)20(39)25-36-17-6-5-8-34-24(17)44-25/h5-6,8,13-16,18-19,21-22,33,40H,7,9-12H2,1-4H3,(H,35,41)(H,37,43)/t13-,14-,15+,16+,18-,19-,21+,22?/m0/s1. The van der Waals surface area contributed by atoms with Crippen LogP contribution >= 0.6 is 11.3 Å². The zero-order valence-electron chi connectivity index (χ0n) is 24.9. The fraction of sp³-hybridized carbons (Fsp3) is 0.655. The van der Waals surface area contributed by atoms with Crippen LogP contribution in [0.1, 0.15) is 63.2 Å². The Balaban J connectivity index is 1.43. The van der Waals surface area contributed by atoms with E-state index in [1.807, 2.05) is 12.2 Å². The molecule has 2 saturated heterocycles. The number of halogens is 3. The maximum atomic E-state index is 14.1. The lowest BCUT2D eigenvalue weighted by molar-refractivity contribution is -0.176. The molecule has 3 fully saturated rings. The molecule has 0 radical (unpaired) electrons. The number of nitrogens with one attached hydrogen (secondary N) is 3. The first-order valence-corrected chi connectivity index (χ1v) is 15.6. The van der Waals surface area contributed by atoms with E-state index in [-0.39, 0.29) is 29.2 Å². The van der Waals surface area contributed by atoms with Crippen LogP contribution in [0.25, 0.3) is 10.3 Å². The zero-order valence-corrected chi connectivity index (χ0v) is 25.7. The number of pyridine rings is 1. The van der Waals surface area contributed by atoms with Crippen molar-refractivity contribution in [3.05, 3.63) is 23.3 Å². The summed E-state index contributed by atoms with van der Waals surface area (Å²) in [5, 5.41) is 18.2. The summed E-state index contributed by atoms with van der Waals surface area (Å²) < 4.78 is 39.6. The van der Waals surface area contributed by atoms with Crippen molar-refractivity contribution >= 4 is 45.2 Å². The molecule has 1 aliphatic carbocycles. The zero-order chi connectivity index (χ0) is 32.1. The third-order valence-electron chi connectivity index (χ3n) is 9.05. The van der Waals surface area contributed by atoms with Crippen molar-refractivity contribution < 1.29 is 37.5 Å². The number of aromatic nitrogens is 2. The predicted molar refractivity (Wildman–Crippen MR) is 154 cm³/mol. The molecule has 15 heteroatoms. The lowest BCUT2D eigenvalue weighted by atomic mass is 9.83. The van der Waals surface area contributed by atoms with Gasteiger partial charge in [-0.25, -0.2) is 9.97 Å². The molecule has 240 valence electrons. The van der Waals surface area contributed by atoms with Gasteiger partial charge in [-0.05, 0) is 61.6 Å². The second kappa shape index (κ2) is 12.0. The predicted octanol–water partition coefficient (Wildman–Crippen LogP) is 2.40. The molecule has 8 atom stereocenters. The van der Waals surface area contributed by atoms with Crippen LogP contribution in [0.15, 0.2) is 18.3 Å². The minimum Gasteiger partial charge on any atom is -0.378 e. The molecule has 2 aromatic heterocycles. The van der Waals surface area contributed by atoms with Crippen LogP contribution in [0.4, 0.5) is 13.2 Å². The Morgan fingerprint density at radius 2 is 1.91 bits per heavy atom. The van der Waals surface area contributed by atoms with Gasteiger partial charge in [0.25, 0.3) is 0 Å². The fourth-order valence-electron chi connectivity index (χ4n) is 6.80. The molecule has 3 amide bonds. The Morgan fingerprint density at radius 1 is 1.18 bits per heavy atom. The van der Waals surface area contributed by atoms with Crippen molar-refractivity contribution in [1.29, 1.82) is 0 Å². The number of aliphatic hydroxyl groups excluding tert-OH is 1. The fourth-order valence-corrected chi connectivity index (χ4v) is 7.70. The number of piperidine rings is 1. The maximum absolute atomic E-state index is 14.1. The van der Waals surface area contributed by atoms with Crippen LogP contribution in [0.2, 0.25) is 0 Å². The highest BCUT2D eigenvalue weighted by Crippen LogP contribution is 2.47. The van der Waals surface area contributed by atoms with Crippen molar-refractivity contribution in [3.63, 3.8) is 0 Å². The monoisotopic (exact) mass is 638 g/mol. The smallest absolute Gasteiger partial charge is 0.378 e. The van der Waals surface area contributed by atoms with Gasteiger partial charge in [0, 0.05) is 18.2 Å². The van der Waals surface area contributed by atoms with Crippen molar-refractivity contribution in [2.45, 2.75) is 89.9 Å². The summed E-state index contributed by atoms with van der Waals surface area (Å²) in [6.45, 7) is 7.12. The van der Waals surface area contributed by atoms with Gasteiger partial charge in [-0.15, -0.1) is 0 Å². The van der Waals surface area contributed by atoms with Crippen LogP contribution in [0.5, 0.6) is 0 Å². The number of hydrogen-bond donors (Lipinski definition) is 4. The molecule has 4 heterocycles. The van der Waals surface area contributed by atoms with E-state index in [9.17, 15) is 37.5 Å². The molecule has 5 rings (SSSR count). The molecular formula is C29H37F3N6O5S. The van der Waals surface area contributed by atoms with E-state index in [4.69, 9.17) is 0 Å². The second-order valence-corrected chi connectivity index (χ2v) is 14.2. The Kier molecular flexibility index (Phi) is 8.77. The Morgan fingerprint density at radius 3 is 2.52 bits per heavy atom. The van der Waals surface area contributed by atoms with E-state index in [0.717, 1.165) is 11.3 Å². The molecule has 44 heavy (non-hydrogen) atoms. The van der Waals surface area contributed by atoms with Crippen molar-refractivity contribution in [3.8, 4) is 0 Å². The molecular weight excluding hydrogens is 601 g/mol. The molecule has 2 aliphatic heterocycles. The second-order valence-electron chi connectivity index (χ2n) is 13.2.